The molecule has 1 heterocycles. The fourth-order valence-corrected chi connectivity index (χ4v) is 1.80. The molecule has 7 heteroatoms. The molecule has 0 radical (unpaired) electrons. The molecule has 108 valence electrons. The average Bonchev–Trinajstić information content (AvgIpc) is 2.84. The summed E-state index contributed by atoms with van der Waals surface area (Å²) in [5, 5.41) is 3.29. The Morgan fingerprint density at radius 3 is 2.85 bits per heavy atom. The van der Waals surface area contributed by atoms with Crippen molar-refractivity contribution in [1.82, 2.24) is 10.3 Å². The van der Waals surface area contributed by atoms with Crippen LogP contribution in [0.4, 0.5) is 13.2 Å². The lowest BCUT2D eigenvalue weighted by Crippen LogP contribution is -2.29. The van der Waals surface area contributed by atoms with E-state index in [-0.39, 0.29) is 19.1 Å². The number of hydrogen-bond donors (Lipinski definition) is 2. The molecule has 0 fully saturated rings. The fourth-order valence-electron chi connectivity index (χ4n) is 1.80. The molecule has 0 aliphatic rings. The summed E-state index contributed by atoms with van der Waals surface area (Å²) >= 11 is 0. The van der Waals surface area contributed by atoms with E-state index in [1.807, 2.05) is 6.07 Å². The first kappa shape index (κ1) is 14.4. The molecule has 2 rings (SSSR count). The summed E-state index contributed by atoms with van der Waals surface area (Å²) in [5.41, 5.74) is 1.30. The second-order valence-corrected chi connectivity index (χ2v) is 4.17. The number of nitrogens with one attached hydrogen (secondary N) is 2. The number of halogens is 3. The van der Waals surface area contributed by atoms with Crippen LogP contribution in [0.2, 0.25) is 0 Å². The standard InChI is InChI=1S/C13H13F3N2O2/c14-13(15,16)8-20-7-6-18-12(19)10-2-1-3-11-9(10)4-5-17-11/h1-5,17H,6-8H2,(H,18,19). The van der Waals surface area contributed by atoms with E-state index in [1.165, 1.54) is 0 Å². The van der Waals surface area contributed by atoms with E-state index in [0.29, 0.717) is 5.56 Å². The van der Waals surface area contributed by atoms with Crippen LogP contribution in [0, 0.1) is 0 Å². The number of amides is 1. The average molecular weight is 286 g/mol. The van der Waals surface area contributed by atoms with Crippen molar-refractivity contribution in [2.75, 3.05) is 19.8 Å². The Kier molecular flexibility index (Phi) is 4.29. The molecule has 2 aromatic rings. The first-order chi connectivity index (χ1) is 9.47. The molecule has 2 N–H and O–H groups in total. The van der Waals surface area contributed by atoms with Gasteiger partial charge in [0.1, 0.15) is 6.61 Å². The van der Waals surface area contributed by atoms with Crippen molar-refractivity contribution < 1.29 is 22.7 Å². The Morgan fingerprint density at radius 2 is 2.10 bits per heavy atom. The lowest BCUT2D eigenvalue weighted by Gasteiger charge is -2.09. The number of hydrogen-bond acceptors (Lipinski definition) is 2. The molecule has 1 aromatic heterocycles. The first-order valence-electron chi connectivity index (χ1n) is 5.96. The minimum Gasteiger partial charge on any atom is -0.370 e. The van der Waals surface area contributed by atoms with Gasteiger partial charge in [0.05, 0.1) is 6.61 Å². The van der Waals surface area contributed by atoms with Crippen molar-refractivity contribution in [3.05, 3.63) is 36.0 Å². The highest BCUT2D eigenvalue weighted by atomic mass is 19.4. The minimum atomic E-state index is -4.35. The normalized spacial score (nSPS) is 11.8. The molecule has 0 bridgehead atoms. The minimum absolute atomic E-state index is 0.0235. The molecule has 0 atom stereocenters. The molecular weight excluding hydrogens is 273 g/mol. The van der Waals surface area contributed by atoms with E-state index < -0.39 is 12.8 Å². The van der Waals surface area contributed by atoms with Gasteiger partial charge in [0, 0.05) is 29.2 Å². The van der Waals surface area contributed by atoms with Crippen LogP contribution in [-0.2, 0) is 4.74 Å². The van der Waals surface area contributed by atoms with Gasteiger partial charge < -0.3 is 15.0 Å². The second kappa shape index (κ2) is 5.96. The van der Waals surface area contributed by atoms with Gasteiger partial charge in [-0.1, -0.05) is 6.07 Å². The highest BCUT2D eigenvalue weighted by Crippen LogP contribution is 2.17. The van der Waals surface area contributed by atoms with Crippen molar-refractivity contribution in [3.63, 3.8) is 0 Å². The number of carbonyl (C=O) groups excluding carboxylic acids is 1. The van der Waals surface area contributed by atoms with Crippen molar-refractivity contribution in [2.24, 2.45) is 0 Å². The maximum atomic E-state index is 11.9. The van der Waals surface area contributed by atoms with Crippen LogP contribution >= 0.6 is 0 Å². The van der Waals surface area contributed by atoms with Gasteiger partial charge in [0.2, 0.25) is 0 Å². The van der Waals surface area contributed by atoms with Gasteiger partial charge in [-0.3, -0.25) is 4.79 Å². The van der Waals surface area contributed by atoms with E-state index in [9.17, 15) is 18.0 Å². The summed E-state index contributed by atoms with van der Waals surface area (Å²) in [4.78, 5) is 14.9. The Morgan fingerprint density at radius 1 is 1.30 bits per heavy atom. The fraction of sp³-hybridized carbons (Fsp3) is 0.308. The van der Waals surface area contributed by atoms with Crippen molar-refractivity contribution in [3.8, 4) is 0 Å². The van der Waals surface area contributed by atoms with Crippen LogP contribution < -0.4 is 5.32 Å². The first-order valence-corrected chi connectivity index (χ1v) is 5.96. The van der Waals surface area contributed by atoms with E-state index in [0.717, 1.165) is 10.9 Å². The third kappa shape index (κ3) is 3.74. The second-order valence-electron chi connectivity index (χ2n) is 4.17. The monoisotopic (exact) mass is 286 g/mol. The zero-order chi connectivity index (χ0) is 14.6. The molecule has 0 unspecified atom stereocenters. The number of H-pyrrole nitrogens is 1. The van der Waals surface area contributed by atoms with Gasteiger partial charge in [0.25, 0.3) is 5.91 Å². The molecule has 0 spiro atoms. The van der Waals surface area contributed by atoms with Crippen LogP contribution in [-0.4, -0.2) is 36.8 Å². The van der Waals surface area contributed by atoms with Crippen LogP contribution in [0.5, 0.6) is 0 Å². The zero-order valence-corrected chi connectivity index (χ0v) is 10.5. The highest BCUT2D eigenvalue weighted by molar-refractivity contribution is 6.06. The largest absolute Gasteiger partial charge is 0.411 e. The Labute approximate surface area is 112 Å². The predicted octanol–water partition coefficient (Wildman–Crippen LogP) is 2.48. The molecule has 0 saturated heterocycles. The van der Waals surface area contributed by atoms with Gasteiger partial charge in [-0.25, -0.2) is 0 Å². The summed E-state index contributed by atoms with van der Waals surface area (Å²) in [7, 11) is 0. The van der Waals surface area contributed by atoms with Crippen LogP contribution in [0.25, 0.3) is 10.9 Å². The maximum absolute atomic E-state index is 11.9. The summed E-state index contributed by atoms with van der Waals surface area (Å²) in [5.74, 6) is -0.342. The van der Waals surface area contributed by atoms with Gasteiger partial charge >= 0.3 is 6.18 Å². The molecule has 1 amide bonds. The highest BCUT2D eigenvalue weighted by Gasteiger charge is 2.27. The molecule has 1 aromatic carbocycles. The summed E-state index contributed by atoms with van der Waals surface area (Å²) in [6, 6.07) is 6.99. The molecule has 20 heavy (non-hydrogen) atoms. The number of aromatic amines is 1. The molecular formula is C13H13F3N2O2. The smallest absolute Gasteiger partial charge is 0.370 e. The van der Waals surface area contributed by atoms with Crippen LogP contribution in [0.1, 0.15) is 10.4 Å². The van der Waals surface area contributed by atoms with E-state index in [1.54, 1.807) is 24.4 Å². The van der Waals surface area contributed by atoms with Gasteiger partial charge in [-0.2, -0.15) is 13.2 Å². The molecule has 0 aliphatic carbocycles. The topological polar surface area (TPSA) is 54.1 Å². The summed E-state index contributed by atoms with van der Waals surface area (Å²) < 4.78 is 39.9. The third-order valence-electron chi connectivity index (χ3n) is 2.64. The summed E-state index contributed by atoms with van der Waals surface area (Å²) in [6.45, 7) is -1.47. The maximum Gasteiger partial charge on any atom is 0.411 e. The number of alkyl halides is 3. The van der Waals surface area contributed by atoms with E-state index >= 15 is 0 Å². The molecule has 0 saturated carbocycles. The van der Waals surface area contributed by atoms with E-state index in [4.69, 9.17) is 0 Å². The lowest BCUT2D eigenvalue weighted by molar-refractivity contribution is -0.173. The number of aromatic nitrogens is 1. The van der Waals surface area contributed by atoms with Gasteiger partial charge in [-0.05, 0) is 18.2 Å². The van der Waals surface area contributed by atoms with Crippen molar-refractivity contribution in [2.45, 2.75) is 6.18 Å². The molecule has 0 aliphatic heterocycles. The zero-order valence-electron chi connectivity index (χ0n) is 10.5. The van der Waals surface area contributed by atoms with Gasteiger partial charge in [0.15, 0.2) is 0 Å². The Bertz CT molecular complexity index is 593. The Balaban J connectivity index is 1.85. The SMILES string of the molecule is O=C(NCCOCC(F)(F)F)c1cccc2[nH]ccc12. The van der Waals surface area contributed by atoms with Crippen LogP contribution in [0.15, 0.2) is 30.5 Å². The van der Waals surface area contributed by atoms with Crippen molar-refractivity contribution in [1.29, 1.82) is 0 Å². The quantitative estimate of drug-likeness (QED) is 0.830. The van der Waals surface area contributed by atoms with E-state index in [2.05, 4.69) is 15.0 Å². The number of benzene rings is 1. The number of carbonyl (C=O) groups is 1. The number of rotatable bonds is 5. The lowest BCUT2D eigenvalue weighted by atomic mass is 10.1. The predicted molar refractivity (Wildman–Crippen MR) is 67.5 cm³/mol. The number of ether oxygens (including phenoxy) is 1. The summed E-state index contributed by atoms with van der Waals surface area (Å²) in [6.07, 6.45) is -2.63. The van der Waals surface area contributed by atoms with Crippen molar-refractivity contribution >= 4 is 16.8 Å². The van der Waals surface area contributed by atoms with Crippen LogP contribution in [0.3, 0.4) is 0 Å². The number of fused-ring (bicyclic) bond motifs is 1. The van der Waals surface area contributed by atoms with Gasteiger partial charge in [-0.15, -0.1) is 0 Å². The molecule has 4 nitrogen and oxygen atoms in total. The third-order valence-corrected chi connectivity index (χ3v) is 2.64. The Hall–Kier alpha value is -2.02.